The molecule has 66 valence electrons. The van der Waals surface area contributed by atoms with Gasteiger partial charge in [0.15, 0.2) is 0 Å². The van der Waals surface area contributed by atoms with Gasteiger partial charge in [0, 0.05) is 0 Å². The Morgan fingerprint density at radius 2 is 2.08 bits per heavy atom. The van der Waals surface area contributed by atoms with Gasteiger partial charge in [0.2, 0.25) is 0 Å². The van der Waals surface area contributed by atoms with E-state index in [1.54, 1.807) is 0 Å². The maximum atomic E-state index is 9.75. The van der Waals surface area contributed by atoms with Crippen LogP contribution in [0.15, 0.2) is 0 Å². The Bertz CT molecular complexity index is 218. The number of rotatable bonds is 0. The molecule has 2 heteroatoms. The summed E-state index contributed by atoms with van der Waals surface area (Å²) < 4.78 is 0. The molecule has 0 aromatic rings. The van der Waals surface area contributed by atoms with E-state index >= 15 is 0 Å². The molecule has 2 aliphatic rings. The second kappa shape index (κ2) is 2.74. The third-order valence-electron chi connectivity index (χ3n) is 3.71. The molecule has 2 nitrogen and oxygen atoms in total. The Labute approximate surface area is 73.2 Å². The molecule has 0 spiro atoms. The molecule has 2 saturated carbocycles. The van der Waals surface area contributed by atoms with Crippen molar-refractivity contribution in [2.24, 2.45) is 11.3 Å². The van der Waals surface area contributed by atoms with Crippen molar-refractivity contribution in [2.45, 2.75) is 44.6 Å². The monoisotopic (exact) mass is 165 g/mol. The first-order valence-electron chi connectivity index (χ1n) is 4.89. The average Bonchev–Trinajstić information content (AvgIpc) is 2.45. The van der Waals surface area contributed by atoms with Crippen LogP contribution in [0.4, 0.5) is 0 Å². The molecule has 12 heavy (non-hydrogen) atoms. The lowest BCUT2D eigenvalue weighted by atomic mass is 9.68. The first kappa shape index (κ1) is 8.07. The first-order valence-corrected chi connectivity index (χ1v) is 4.89. The molecule has 0 aromatic carbocycles. The van der Waals surface area contributed by atoms with Crippen molar-refractivity contribution in [2.75, 3.05) is 0 Å². The van der Waals surface area contributed by atoms with Gasteiger partial charge in [-0.05, 0) is 31.6 Å². The van der Waals surface area contributed by atoms with Crippen LogP contribution in [0.5, 0.6) is 0 Å². The van der Waals surface area contributed by atoms with Crippen LogP contribution in [-0.2, 0) is 0 Å². The molecule has 2 aliphatic carbocycles. The Balaban J connectivity index is 2.26. The van der Waals surface area contributed by atoms with Crippen LogP contribution in [0.25, 0.3) is 0 Å². The highest BCUT2D eigenvalue weighted by atomic mass is 16.3. The van der Waals surface area contributed by atoms with Gasteiger partial charge in [-0.1, -0.05) is 12.8 Å². The number of aliphatic hydroxyl groups is 1. The summed E-state index contributed by atoms with van der Waals surface area (Å²) in [5, 5.41) is 18.9. The number of nitriles is 1. The Hall–Kier alpha value is -0.550. The fourth-order valence-electron chi connectivity index (χ4n) is 2.95. The summed E-state index contributed by atoms with van der Waals surface area (Å²) in [6.07, 6.45) is 6.03. The zero-order chi connectivity index (χ0) is 8.60. The molecule has 1 N–H and O–H groups in total. The van der Waals surface area contributed by atoms with Gasteiger partial charge in [-0.3, -0.25) is 0 Å². The quantitative estimate of drug-likeness (QED) is 0.595. The Morgan fingerprint density at radius 3 is 2.75 bits per heavy atom. The van der Waals surface area contributed by atoms with Crippen molar-refractivity contribution < 1.29 is 5.11 Å². The van der Waals surface area contributed by atoms with Gasteiger partial charge < -0.3 is 5.11 Å². The van der Waals surface area contributed by atoms with Crippen molar-refractivity contribution in [1.29, 1.82) is 5.26 Å². The van der Waals surface area contributed by atoms with Crippen LogP contribution in [0, 0.1) is 22.7 Å². The van der Waals surface area contributed by atoms with Gasteiger partial charge in [0.25, 0.3) is 0 Å². The van der Waals surface area contributed by atoms with E-state index in [4.69, 9.17) is 5.26 Å². The summed E-state index contributed by atoms with van der Waals surface area (Å²) in [6, 6.07) is 2.38. The molecule has 0 saturated heterocycles. The molecule has 0 heterocycles. The van der Waals surface area contributed by atoms with Crippen LogP contribution >= 0.6 is 0 Å². The highest BCUT2D eigenvalue weighted by Gasteiger charge is 2.50. The van der Waals surface area contributed by atoms with Crippen molar-refractivity contribution in [1.82, 2.24) is 0 Å². The minimum absolute atomic E-state index is 0.340. The van der Waals surface area contributed by atoms with Crippen LogP contribution in [-0.4, -0.2) is 11.2 Å². The number of fused-ring (bicyclic) bond motifs is 1. The Kier molecular flexibility index (Phi) is 1.84. The lowest BCUT2D eigenvalue weighted by Gasteiger charge is -2.35. The van der Waals surface area contributed by atoms with Crippen LogP contribution in [0.2, 0.25) is 0 Å². The summed E-state index contributed by atoms with van der Waals surface area (Å²) in [5.41, 5.74) is -0.349. The summed E-state index contributed by atoms with van der Waals surface area (Å²) in [6.45, 7) is 0. The molecule has 2 rings (SSSR count). The number of hydrogen-bond acceptors (Lipinski definition) is 2. The fraction of sp³-hybridized carbons (Fsp3) is 0.900. The molecule has 0 aromatic heterocycles. The van der Waals surface area contributed by atoms with Crippen molar-refractivity contribution in [3.8, 4) is 6.07 Å². The number of hydrogen-bond donors (Lipinski definition) is 1. The lowest BCUT2D eigenvalue weighted by molar-refractivity contribution is 0.0438. The molecular formula is C10H15NO. The minimum atomic E-state index is -0.349. The SMILES string of the molecule is N#C[C@]12CCCCC1CC[C@@H]2O. The van der Waals surface area contributed by atoms with E-state index < -0.39 is 0 Å². The predicted octanol–water partition coefficient (Wildman–Crippen LogP) is 1.84. The highest BCUT2D eigenvalue weighted by Crippen LogP contribution is 2.51. The second-order valence-electron chi connectivity index (χ2n) is 4.19. The molecule has 1 unspecified atom stereocenters. The highest BCUT2D eigenvalue weighted by molar-refractivity contribution is 5.12. The van der Waals surface area contributed by atoms with E-state index in [0.717, 1.165) is 32.1 Å². The lowest BCUT2D eigenvalue weighted by Crippen LogP contribution is -2.36. The number of aliphatic hydroxyl groups excluding tert-OH is 1. The topological polar surface area (TPSA) is 44.0 Å². The van der Waals surface area contributed by atoms with Crippen LogP contribution in [0.3, 0.4) is 0 Å². The summed E-state index contributed by atoms with van der Waals surface area (Å²) >= 11 is 0. The summed E-state index contributed by atoms with van der Waals surface area (Å²) in [4.78, 5) is 0. The zero-order valence-electron chi connectivity index (χ0n) is 7.29. The molecular weight excluding hydrogens is 150 g/mol. The van der Waals surface area contributed by atoms with E-state index in [2.05, 4.69) is 6.07 Å². The maximum Gasteiger partial charge on any atom is 0.0860 e. The summed E-state index contributed by atoms with van der Waals surface area (Å²) in [7, 11) is 0. The predicted molar refractivity (Wildman–Crippen MR) is 45.2 cm³/mol. The number of nitrogens with zero attached hydrogens (tertiary/aromatic N) is 1. The fourth-order valence-corrected chi connectivity index (χ4v) is 2.95. The van der Waals surface area contributed by atoms with E-state index in [1.165, 1.54) is 6.42 Å². The maximum absolute atomic E-state index is 9.75. The van der Waals surface area contributed by atoms with Crippen molar-refractivity contribution >= 4 is 0 Å². The van der Waals surface area contributed by atoms with Gasteiger partial charge >= 0.3 is 0 Å². The first-order chi connectivity index (χ1) is 5.79. The molecule has 0 aliphatic heterocycles. The van der Waals surface area contributed by atoms with Gasteiger partial charge in [-0.15, -0.1) is 0 Å². The third-order valence-corrected chi connectivity index (χ3v) is 3.71. The van der Waals surface area contributed by atoms with Gasteiger partial charge in [0.1, 0.15) is 0 Å². The van der Waals surface area contributed by atoms with Crippen molar-refractivity contribution in [3.63, 3.8) is 0 Å². The molecule has 0 amide bonds. The Morgan fingerprint density at radius 1 is 1.25 bits per heavy atom. The molecule has 0 radical (unpaired) electrons. The smallest absolute Gasteiger partial charge is 0.0860 e. The molecule has 2 fully saturated rings. The van der Waals surface area contributed by atoms with Crippen LogP contribution in [0.1, 0.15) is 38.5 Å². The van der Waals surface area contributed by atoms with Gasteiger partial charge in [0.05, 0.1) is 17.6 Å². The second-order valence-corrected chi connectivity index (χ2v) is 4.19. The minimum Gasteiger partial charge on any atom is -0.391 e. The molecule has 3 atom stereocenters. The average molecular weight is 165 g/mol. The van der Waals surface area contributed by atoms with E-state index in [9.17, 15) is 5.11 Å². The van der Waals surface area contributed by atoms with Gasteiger partial charge in [-0.2, -0.15) is 5.26 Å². The van der Waals surface area contributed by atoms with Crippen molar-refractivity contribution in [3.05, 3.63) is 0 Å². The van der Waals surface area contributed by atoms with Gasteiger partial charge in [-0.25, -0.2) is 0 Å². The largest absolute Gasteiger partial charge is 0.391 e. The molecule has 0 bridgehead atoms. The third kappa shape index (κ3) is 0.895. The summed E-state index contributed by atoms with van der Waals surface area (Å²) in [5.74, 6) is 0.492. The van der Waals surface area contributed by atoms with E-state index in [0.29, 0.717) is 5.92 Å². The van der Waals surface area contributed by atoms with E-state index in [-0.39, 0.29) is 11.5 Å². The van der Waals surface area contributed by atoms with E-state index in [1.807, 2.05) is 0 Å². The normalized spacial score (nSPS) is 46.7. The van der Waals surface area contributed by atoms with Crippen LogP contribution < -0.4 is 0 Å². The standard InChI is InChI=1S/C10H15NO/c11-7-10-6-2-1-3-8(10)4-5-9(10)12/h8-9,12H,1-6H2/t8?,9-,10+/m0/s1. The zero-order valence-corrected chi connectivity index (χ0v) is 7.29.